The van der Waals surface area contributed by atoms with Crippen LogP contribution in [-0.4, -0.2) is 40.7 Å². The molecule has 0 fully saturated rings. The molecule has 0 aliphatic carbocycles. The third kappa shape index (κ3) is 5.04. The standard InChI is InChI=1S/C24H24N2O6S/c1-17-15-26(22-5-3-4-6-23(22)32-17)33(28,29)21-13-7-18(8-14-21)25-24(27)16-31-20-11-9-19(30-2)10-12-20/h3-14,17H,15-16H2,1-2H3,(H,25,27)/t17-/m0/s1. The van der Waals surface area contributed by atoms with Crippen molar-refractivity contribution in [2.75, 3.05) is 29.9 Å². The molecule has 8 nitrogen and oxygen atoms in total. The summed E-state index contributed by atoms with van der Waals surface area (Å²) >= 11 is 0. The predicted octanol–water partition coefficient (Wildman–Crippen LogP) is 3.69. The Bertz CT molecular complexity index is 1230. The van der Waals surface area contributed by atoms with Crippen LogP contribution in [-0.2, 0) is 14.8 Å². The lowest BCUT2D eigenvalue weighted by Crippen LogP contribution is -2.42. The fraction of sp³-hybridized carbons (Fsp3) is 0.208. The number of carbonyl (C=O) groups excluding carboxylic acids is 1. The van der Waals surface area contributed by atoms with Crippen molar-refractivity contribution in [2.45, 2.75) is 17.9 Å². The fourth-order valence-electron chi connectivity index (χ4n) is 3.43. The molecular weight excluding hydrogens is 444 g/mol. The quantitative estimate of drug-likeness (QED) is 0.568. The van der Waals surface area contributed by atoms with Crippen molar-refractivity contribution in [3.05, 3.63) is 72.8 Å². The summed E-state index contributed by atoms with van der Waals surface area (Å²) in [7, 11) is -2.23. The Kier molecular flexibility index (Phi) is 6.41. The van der Waals surface area contributed by atoms with Gasteiger partial charge in [0.15, 0.2) is 6.61 Å². The molecule has 0 unspecified atom stereocenters. The van der Waals surface area contributed by atoms with Crippen LogP contribution in [0, 0.1) is 0 Å². The monoisotopic (exact) mass is 468 g/mol. The average molecular weight is 469 g/mol. The number of anilines is 2. The minimum absolute atomic E-state index is 0.124. The van der Waals surface area contributed by atoms with Crippen molar-refractivity contribution >= 4 is 27.3 Å². The van der Waals surface area contributed by atoms with E-state index in [0.29, 0.717) is 28.6 Å². The van der Waals surface area contributed by atoms with Gasteiger partial charge in [0.05, 0.1) is 24.2 Å². The Morgan fingerprint density at radius 2 is 1.70 bits per heavy atom. The number of ether oxygens (including phenoxy) is 3. The number of methoxy groups -OCH3 is 1. The number of hydrogen-bond donors (Lipinski definition) is 1. The van der Waals surface area contributed by atoms with Gasteiger partial charge >= 0.3 is 0 Å². The Hall–Kier alpha value is -3.72. The number of nitrogens with zero attached hydrogens (tertiary/aromatic N) is 1. The molecule has 0 saturated carbocycles. The first-order valence-electron chi connectivity index (χ1n) is 10.3. The minimum atomic E-state index is -3.80. The summed E-state index contributed by atoms with van der Waals surface area (Å²) < 4.78 is 44.2. The third-order valence-corrected chi connectivity index (χ3v) is 6.83. The summed E-state index contributed by atoms with van der Waals surface area (Å²) in [4.78, 5) is 12.3. The fourth-order valence-corrected chi connectivity index (χ4v) is 4.98. The number of carbonyl (C=O) groups is 1. The Morgan fingerprint density at radius 1 is 1.03 bits per heavy atom. The van der Waals surface area contributed by atoms with Crippen molar-refractivity contribution in [1.82, 2.24) is 0 Å². The van der Waals surface area contributed by atoms with Gasteiger partial charge in [-0.05, 0) is 67.6 Å². The van der Waals surface area contributed by atoms with E-state index in [9.17, 15) is 13.2 Å². The summed E-state index contributed by atoms with van der Waals surface area (Å²) in [6.45, 7) is 1.85. The van der Waals surface area contributed by atoms with E-state index < -0.39 is 10.0 Å². The van der Waals surface area contributed by atoms with Crippen molar-refractivity contribution in [3.63, 3.8) is 0 Å². The van der Waals surface area contributed by atoms with Crippen LogP contribution in [0.4, 0.5) is 11.4 Å². The van der Waals surface area contributed by atoms with Gasteiger partial charge in [0.1, 0.15) is 23.4 Å². The second-order valence-electron chi connectivity index (χ2n) is 7.47. The second-order valence-corrected chi connectivity index (χ2v) is 9.33. The molecule has 0 aromatic heterocycles. The van der Waals surface area contributed by atoms with Gasteiger partial charge in [0, 0.05) is 5.69 Å². The highest BCUT2D eigenvalue weighted by Crippen LogP contribution is 2.36. The number of hydrogen-bond acceptors (Lipinski definition) is 6. The maximum atomic E-state index is 13.3. The van der Waals surface area contributed by atoms with Gasteiger partial charge in [-0.2, -0.15) is 0 Å². The van der Waals surface area contributed by atoms with Crippen LogP contribution in [0.25, 0.3) is 0 Å². The molecule has 3 aromatic rings. The molecule has 1 amide bonds. The zero-order valence-electron chi connectivity index (χ0n) is 18.2. The lowest BCUT2D eigenvalue weighted by Gasteiger charge is -2.34. The number of benzene rings is 3. The van der Waals surface area contributed by atoms with E-state index in [1.165, 1.54) is 16.4 Å². The summed E-state index contributed by atoms with van der Waals surface area (Å²) in [5, 5.41) is 2.70. The van der Waals surface area contributed by atoms with Gasteiger partial charge in [-0.1, -0.05) is 12.1 Å². The van der Waals surface area contributed by atoms with Crippen molar-refractivity contribution in [2.24, 2.45) is 0 Å². The lowest BCUT2D eigenvalue weighted by molar-refractivity contribution is -0.118. The van der Waals surface area contributed by atoms with E-state index in [-0.39, 0.29) is 30.1 Å². The first-order chi connectivity index (χ1) is 15.9. The summed E-state index contributed by atoms with van der Waals surface area (Å²) in [6, 6.07) is 20.0. The van der Waals surface area contributed by atoms with Crippen molar-refractivity contribution in [3.8, 4) is 17.2 Å². The normalized spacial score (nSPS) is 15.2. The topological polar surface area (TPSA) is 94.2 Å². The molecule has 1 aliphatic heterocycles. The zero-order chi connectivity index (χ0) is 23.4. The molecular formula is C24H24N2O6S. The van der Waals surface area contributed by atoms with Crippen LogP contribution in [0.3, 0.4) is 0 Å². The van der Waals surface area contributed by atoms with Crippen molar-refractivity contribution < 1.29 is 27.4 Å². The van der Waals surface area contributed by atoms with Gasteiger partial charge in [-0.15, -0.1) is 0 Å². The second kappa shape index (κ2) is 9.41. The average Bonchev–Trinajstić information content (AvgIpc) is 2.83. The Balaban J connectivity index is 1.42. The maximum absolute atomic E-state index is 13.3. The molecule has 172 valence electrons. The summed E-state index contributed by atoms with van der Waals surface area (Å²) in [6.07, 6.45) is -0.279. The summed E-state index contributed by atoms with van der Waals surface area (Å²) in [5.74, 6) is 1.39. The van der Waals surface area contributed by atoms with Crippen LogP contribution >= 0.6 is 0 Å². The zero-order valence-corrected chi connectivity index (χ0v) is 19.0. The number of rotatable bonds is 7. The largest absolute Gasteiger partial charge is 0.497 e. The highest BCUT2D eigenvalue weighted by Gasteiger charge is 2.32. The number of fused-ring (bicyclic) bond motifs is 1. The molecule has 1 heterocycles. The van der Waals surface area contributed by atoms with Crippen molar-refractivity contribution in [1.29, 1.82) is 0 Å². The van der Waals surface area contributed by atoms with Crippen LogP contribution in [0.15, 0.2) is 77.7 Å². The Labute approximate surface area is 192 Å². The SMILES string of the molecule is COc1ccc(OCC(=O)Nc2ccc(S(=O)(=O)N3C[C@H](C)Oc4ccccc43)cc2)cc1. The minimum Gasteiger partial charge on any atom is -0.497 e. The molecule has 0 bridgehead atoms. The number of amides is 1. The third-order valence-electron chi connectivity index (χ3n) is 5.04. The maximum Gasteiger partial charge on any atom is 0.264 e. The van der Waals surface area contributed by atoms with E-state index in [4.69, 9.17) is 14.2 Å². The molecule has 4 rings (SSSR count). The van der Waals surface area contributed by atoms with Gasteiger partial charge in [-0.25, -0.2) is 8.42 Å². The molecule has 33 heavy (non-hydrogen) atoms. The molecule has 0 radical (unpaired) electrons. The number of para-hydroxylation sites is 2. The molecule has 0 saturated heterocycles. The van der Waals surface area contributed by atoms with Gasteiger partial charge < -0.3 is 19.5 Å². The van der Waals surface area contributed by atoms with Gasteiger partial charge in [0.25, 0.3) is 15.9 Å². The van der Waals surface area contributed by atoms with Gasteiger partial charge in [-0.3, -0.25) is 9.10 Å². The van der Waals surface area contributed by atoms with Crippen LogP contribution in [0.1, 0.15) is 6.92 Å². The molecule has 0 spiro atoms. The van der Waals surface area contributed by atoms with Gasteiger partial charge in [0.2, 0.25) is 0 Å². The number of sulfonamides is 1. The molecule has 1 atom stereocenters. The molecule has 1 N–H and O–H groups in total. The highest BCUT2D eigenvalue weighted by molar-refractivity contribution is 7.92. The summed E-state index contributed by atoms with van der Waals surface area (Å²) in [5.41, 5.74) is 0.969. The van der Waals surface area contributed by atoms with Crippen LogP contribution in [0.5, 0.6) is 17.2 Å². The predicted molar refractivity (Wildman–Crippen MR) is 125 cm³/mol. The van der Waals surface area contributed by atoms with E-state index in [1.54, 1.807) is 67.8 Å². The van der Waals surface area contributed by atoms with E-state index >= 15 is 0 Å². The van der Waals surface area contributed by atoms with Crippen LogP contribution < -0.4 is 23.8 Å². The first-order valence-corrected chi connectivity index (χ1v) is 11.8. The van der Waals surface area contributed by atoms with E-state index in [0.717, 1.165) is 0 Å². The van der Waals surface area contributed by atoms with E-state index in [2.05, 4.69) is 5.32 Å². The highest BCUT2D eigenvalue weighted by atomic mass is 32.2. The van der Waals surface area contributed by atoms with E-state index in [1.807, 2.05) is 6.92 Å². The molecule has 9 heteroatoms. The molecule has 1 aliphatic rings. The Morgan fingerprint density at radius 3 is 2.39 bits per heavy atom. The smallest absolute Gasteiger partial charge is 0.264 e. The van der Waals surface area contributed by atoms with Crippen LogP contribution in [0.2, 0.25) is 0 Å². The first kappa shape index (κ1) is 22.5. The molecule has 3 aromatic carbocycles. The lowest BCUT2D eigenvalue weighted by atomic mass is 10.2. The number of nitrogens with one attached hydrogen (secondary N) is 1.